The van der Waals surface area contributed by atoms with Crippen LogP contribution in [0.4, 0.5) is 10.1 Å². The van der Waals surface area contributed by atoms with Gasteiger partial charge in [-0.15, -0.1) is 0 Å². The molecule has 1 aliphatic carbocycles. The number of carbonyl (C=O) groups is 3. The number of rotatable bonds is 8. The Kier molecular flexibility index (Phi) is 10.6. The van der Waals surface area contributed by atoms with Crippen molar-refractivity contribution in [2.45, 2.75) is 64.1 Å². The molecule has 4 N–H and O–H groups in total. The van der Waals surface area contributed by atoms with Crippen molar-refractivity contribution in [1.29, 1.82) is 0 Å². The largest absolute Gasteiger partial charge is 0.473 e. The Morgan fingerprint density at radius 2 is 1.84 bits per heavy atom. The predicted molar refractivity (Wildman–Crippen MR) is 137 cm³/mol. The van der Waals surface area contributed by atoms with E-state index in [2.05, 4.69) is 10.6 Å². The first-order chi connectivity index (χ1) is 18.2. The number of nitrogens with one attached hydrogen (secondary N) is 2. The van der Waals surface area contributed by atoms with Gasteiger partial charge in [0.05, 0.1) is 37.0 Å². The molecule has 1 atom stereocenters. The molecule has 2 heterocycles. The van der Waals surface area contributed by atoms with Gasteiger partial charge in [0.15, 0.2) is 5.43 Å². The molecule has 38 heavy (non-hydrogen) atoms. The van der Waals surface area contributed by atoms with Crippen LogP contribution < -0.4 is 16.1 Å². The number of carboxylic acids is 2. The average molecular weight is 536 g/mol. The molecule has 0 bridgehead atoms. The van der Waals surface area contributed by atoms with E-state index in [0.717, 1.165) is 32.1 Å². The lowest BCUT2D eigenvalue weighted by atomic mass is 9.95. The molecule has 2 fully saturated rings. The van der Waals surface area contributed by atoms with Gasteiger partial charge in [-0.05, 0) is 38.3 Å². The Morgan fingerprint density at radius 3 is 2.45 bits per heavy atom. The molecule has 1 saturated carbocycles. The van der Waals surface area contributed by atoms with Gasteiger partial charge < -0.3 is 34.9 Å². The number of aromatic nitrogens is 1. The number of ether oxygens (including phenoxy) is 2. The van der Waals surface area contributed by atoms with Crippen LogP contribution in [0.2, 0.25) is 0 Å². The van der Waals surface area contributed by atoms with Crippen LogP contribution in [0.25, 0.3) is 10.9 Å². The van der Waals surface area contributed by atoms with Crippen LogP contribution in [-0.2, 0) is 30.4 Å². The first kappa shape index (κ1) is 29.1. The van der Waals surface area contributed by atoms with E-state index >= 15 is 4.39 Å². The number of carbonyl (C=O) groups excluding carboxylic acids is 1. The zero-order chi connectivity index (χ0) is 27.7. The highest BCUT2D eigenvalue weighted by Crippen LogP contribution is 2.29. The number of carboxylic acid groups (broad SMARTS) is 2. The maximum Gasteiger partial charge on any atom is 0.414 e. The van der Waals surface area contributed by atoms with Crippen LogP contribution in [0, 0.1) is 5.82 Å². The van der Waals surface area contributed by atoms with Crippen molar-refractivity contribution in [2.24, 2.45) is 0 Å². The highest BCUT2D eigenvalue weighted by Gasteiger charge is 2.23. The maximum atomic E-state index is 15.0. The standard InChI is InChI=1S/C24H32FN3O4.C2H2O4/c1-2-32-23(29)13-26-12-16-14-28(18-8-9-31-15-18)22-11-21(20(25)10-19(22)24(16)30)27-17-6-4-3-5-7-17;3-1(4)2(5)6/h10-11,14,17-18,26-27H,2-9,12-13,15H2,1H3;(H,3,4)(H,5,6). The fourth-order valence-corrected chi connectivity index (χ4v) is 4.68. The number of pyridine rings is 1. The van der Waals surface area contributed by atoms with Crippen molar-refractivity contribution < 1.29 is 38.5 Å². The summed E-state index contributed by atoms with van der Waals surface area (Å²) in [6, 6.07) is 3.46. The van der Waals surface area contributed by atoms with E-state index in [1.165, 1.54) is 12.5 Å². The molecule has 2 aromatic rings. The molecule has 12 heteroatoms. The molecule has 0 amide bonds. The molecule has 0 radical (unpaired) electrons. The first-order valence-corrected chi connectivity index (χ1v) is 12.7. The number of hydrogen-bond acceptors (Lipinski definition) is 8. The monoisotopic (exact) mass is 535 g/mol. The fraction of sp³-hybridized carbons (Fsp3) is 0.538. The summed E-state index contributed by atoms with van der Waals surface area (Å²) in [5.41, 5.74) is 1.42. The SMILES string of the molecule is CCOC(=O)CNCc1cn(C2CCOC2)c2cc(NC3CCCCC3)c(F)cc2c1=O.O=C(O)C(=O)O. The fourth-order valence-electron chi connectivity index (χ4n) is 4.68. The second-order valence-corrected chi connectivity index (χ2v) is 9.26. The molecule has 1 saturated heterocycles. The highest BCUT2D eigenvalue weighted by atomic mass is 19.1. The molecule has 1 aliphatic heterocycles. The minimum Gasteiger partial charge on any atom is -0.473 e. The molecule has 1 aromatic carbocycles. The van der Waals surface area contributed by atoms with Gasteiger partial charge in [0.25, 0.3) is 0 Å². The summed E-state index contributed by atoms with van der Waals surface area (Å²) in [6.07, 6.45) is 8.25. The van der Waals surface area contributed by atoms with Crippen LogP contribution in [0.15, 0.2) is 23.1 Å². The van der Waals surface area contributed by atoms with E-state index in [1.54, 1.807) is 13.0 Å². The van der Waals surface area contributed by atoms with Crippen LogP contribution in [-0.4, -0.2) is 65.1 Å². The summed E-state index contributed by atoms with van der Waals surface area (Å²) in [7, 11) is 0. The number of hydrogen-bond donors (Lipinski definition) is 4. The third kappa shape index (κ3) is 7.75. The zero-order valence-corrected chi connectivity index (χ0v) is 21.3. The second kappa shape index (κ2) is 13.9. The Balaban J connectivity index is 0.000000599. The zero-order valence-electron chi connectivity index (χ0n) is 21.3. The number of fused-ring (bicyclic) bond motifs is 1. The van der Waals surface area contributed by atoms with Gasteiger partial charge in [0, 0.05) is 36.3 Å². The number of aliphatic carboxylic acids is 2. The summed E-state index contributed by atoms with van der Waals surface area (Å²) >= 11 is 0. The van der Waals surface area contributed by atoms with E-state index in [-0.39, 0.29) is 36.6 Å². The normalized spacial score (nSPS) is 17.5. The Morgan fingerprint density at radius 1 is 1.13 bits per heavy atom. The Labute approximate surface area is 218 Å². The Bertz CT molecular complexity index is 1190. The van der Waals surface area contributed by atoms with Gasteiger partial charge in [-0.1, -0.05) is 19.3 Å². The number of esters is 1. The lowest BCUT2D eigenvalue weighted by Crippen LogP contribution is -2.28. The predicted octanol–water partition coefficient (Wildman–Crippen LogP) is 2.65. The van der Waals surface area contributed by atoms with Crippen molar-refractivity contribution >= 4 is 34.5 Å². The van der Waals surface area contributed by atoms with Crippen LogP contribution >= 0.6 is 0 Å². The lowest BCUT2D eigenvalue weighted by Gasteiger charge is -2.25. The van der Waals surface area contributed by atoms with Crippen molar-refractivity contribution in [2.75, 3.05) is 31.7 Å². The van der Waals surface area contributed by atoms with Gasteiger partial charge in [-0.2, -0.15) is 0 Å². The number of nitrogens with zero attached hydrogens (tertiary/aromatic N) is 1. The van der Waals surface area contributed by atoms with Crippen LogP contribution in [0.5, 0.6) is 0 Å². The summed E-state index contributed by atoms with van der Waals surface area (Å²) in [5, 5.41) is 21.5. The Hall–Kier alpha value is -3.51. The smallest absolute Gasteiger partial charge is 0.414 e. The molecule has 2 aliphatic rings. The third-order valence-electron chi connectivity index (χ3n) is 6.53. The summed E-state index contributed by atoms with van der Waals surface area (Å²) in [4.78, 5) is 43.0. The summed E-state index contributed by atoms with van der Waals surface area (Å²) in [5.74, 6) is -4.43. The highest BCUT2D eigenvalue weighted by molar-refractivity contribution is 6.27. The molecule has 1 unspecified atom stereocenters. The van der Waals surface area contributed by atoms with Gasteiger partial charge in [-0.25, -0.2) is 14.0 Å². The van der Waals surface area contributed by atoms with Gasteiger partial charge in [0.1, 0.15) is 5.82 Å². The topological polar surface area (TPSA) is 156 Å². The minimum atomic E-state index is -1.82. The second-order valence-electron chi connectivity index (χ2n) is 9.26. The third-order valence-corrected chi connectivity index (χ3v) is 6.53. The lowest BCUT2D eigenvalue weighted by molar-refractivity contribution is -0.159. The number of benzene rings is 1. The van der Waals surface area contributed by atoms with E-state index in [1.807, 2.05) is 10.8 Å². The van der Waals surface area contributed by atoms with Crippen molar-refractivity contribution in [3.8, 4) is 0 Å². The minimum absolute atomic E-state index is 0.0104. The molecule has 11 nitrogen and oxygen atoms in total. The van der Waals surface area contributed by atoms with Crippen LogP contribution in [0.1, 0.15) is 57.1 Å². The quantitative estimate of drug-likeness (QED) is 0.293. The number of anilines is 1. The van der Waals surface area contributed by atoms with Crippen molar-refractivity contribution in [1.82, 2.24) is 9.88 Å². The van der Waals surface area contributed by atoms with Crippen molar-refractivity contribution in [3.05, 3.63) is 39.9 Å². The van der Waals surface area contributed by atoms with E-state index in [9.17, 15) is 9.59 Å². The van der Waals surface area contributed by atoms with Gasteiger partial charge in [-0.3, -0.25) is 9.59 Å². The molecule has 4 rings (SSSR count). The average Bonchev–Trinajstić information content (AvgIpc) is 3.42. The summed E-state index contributed by atoms with van der Waals surface area (Å²) < 4.78 is 27.6. The van der Waals surface area contributed by atoms with Crippen LogP contribution in [0.3, 0.4) is 0 Å². The number of halogens is 1. The van der Waals surface area contributed by atoms with E-state index in [4.69, 9.17) is 29.3 Å². The van der Waals surface area contributed by atoms with E-state index in [0.29, 0.717) is 42.0 Å². The molecular weight excluding hydrogens is 501 g/mol. The molecular formula is C26H34FN3O8. The summed E-state index contributed by atoms with van der Waals surface area (Å²) in [6.45, 7) is 3.47. The molecule has 1 aromatic heterocycles. The van der Waals surface area contributed by atoms with Gasteiger partial charge >= 0.3 is 17.9 Å². The molecule has 0 spiro atoms. The van der Waals surface area contributed by atoms with Gasteiger partial charge in [0.2, 0.25) is 0 Å². The molecule has 208 valence electrons. The van der Waals surface area contributed by atoms with E-state index < -0.39 is 17.8 Å². The maximum absolute atomic E-state index is 15.0. The first-order valence-electron chi connectivity index (χ1n) is 12.7. The van der Waals surface area contributed by atoms with Crippen molar-refractivity contribution in [3.63, 3.8) is 0 Å².